The van der Waals surface area contributed by atoms with Gasteiger partial charge >= 0.3 is 5.97 Å². The molecule has 0 aliphatic carbocycles. The maximum atomic E-state index is 13.0. The number of fused-ring (bicyclic) bond motifs is 1. The Kier molecular flexibility index (Phi) is 5.63. The number of methoxy groups -OCH3 is 1. The van der Waals surface area contributed by atoms with Crippen LogP contribution in [0.3, 0.4) is 0 Å². The van der Waals surface area contributed by atoms with Crippen LogP contribution in [-0.4, -0.2) is 28.4 Å². The molecule has 0 unspecified atom stereocenters. The third-order valence-corrected chi connectivity index (χ3v) is 5.31. The van der Waals surface area contributed by atoms with Gasteiger partial charge in [0, 0.05) is 5.75 Å². The van der Waals surface area contributed by atoms with Crippen LogP contribution in [0.15, 0.2) is 62.0 Å². The summed E-state index contributed by atoms with van der Waals surface area (Å²) in [5.74, 6) is 0.725. The summed E-state index contributed by atoms with van der Waals surface area (Å²) in [4.78, 5) is 29.3. The second-order valence-corrected chi connectivity index (χ2v) is 7.46. The SMILES string of the molecule is C=C(Br)CSc1nc2cc(C(=O)OC)ccc2c(=O)n1Cc1ccco1. The van der Waals surface area contributed by atoms with Gasteiger partial charge < -0.3 is 9.15 Å². The number of halogens is 1. The minimum Gasteiger partial charge on any atom is -0.467 e. The van der Waals surface area contributed by atoms with Crippen molar-refractivity contribution in [3.63, 3.8) is 0 Å². The Balaban J connectivity index is 2.14. The van der Waals surface area contributed by atoms with Gasteiger partial charge in [-0.2, -0.15) is 0 Å². The van der Waals surface area contributed by atoms with Crippen LogP contribution in [0.2, 0.25) is 0 Å². The zero-order valence-electron chi connectivity index (χ0n) is 13.9. The molecule has 0 N–H and O–H groups in total. The van der Waals surface area contributed by atoms with E-state index in [4.69, 9.17) is 9.15 Å². The highest BCUT2D eigenvalue weighted by molar-refractivity contribution is 9.11. The minimum atomic E-state index is -0.475. The molecule has 6 nitrogen and oxygen atoms in total. The minimum absolute atomic E-state index is 0.203. The Morgan fingerprint density at radius 3 is 2.88 bits per heavy atom. The number of rotatable bonds is 6. The molecule has 0 spiro atoms. The fourth-order valence-corrected chi connectivity index (χ4v) is 3.49. The van der Waals surface area contributed by atoms with E-state index >= 15 is 0 Å². The Hall–Kier alpha value is -2.32. The van der Waals surface area contributed by atoms with Crippen molar-refractivity contribution in [2.24, 2.45) is 0 Å². The van der Waals surface area contributed by atoms with Gasteiger partial charge in [-0.05, 0) is 34.8 Å². The van der Waals surface area contributed by atoms with Crippen LogP contribution in [0.1, 0.15) is 16.1 Å². The first kappa shape index (κ1) is 18.5. The Morgan fingerprint density at radius 2 is 2.23 bits per heavy atom. The van der Waals surface area contributed by atoms with Crippen molar-refractivity contribution in [3.05, 3.63) is 69.3 Å². The molecule has 0 saturated heterocycles. The molecule has 2 aromatic heterocycles. The molecule has 0 radical (unpaired) electrons. The van der Waals surface area contributed by atoms with E-state index in [-0.39, 0.29) is 12.1 Å². The molecule has 0 saturated carbocycles. The number of ether oxygens (including phenoxy) is 1. The summed E-state index contributed by atoms with van der Waals surface area (Å²) in [6.45, 7) is 4.08. The smallest absolute Gasteiger partial charge is 0.337 e. The highest BCUT2D eigenvalue weighted by Crippen LogP contribution is 2.23. The average molecular weight is 435 g/mol. The summed E-state index contributed by atoms with van der Waals surface area (Å²) in [5.41, 5.74) is 0.582. The van der Waals surface area contributed by atoms with Crippen molar-refractivity contribution in [1.82, 2.24) is 9.55 Å². The number of hydrogen-bond acceptors (Lipinski definition) is 6. The Labute approximate surface area is 162 Å². The zero-order valence-corrected chi connectivity index (χ0v) is 16.3. The fraction of sp³-hybridized carbons (Fsp3) is 0.167. The average Bonchev–Trinajstić information content (AvgIpc) is 3.14. The molecule has 3 aromatic rings. The van der Waals surface area contributed by atoms with Gasteiger partial charge in [0.15, 0.2) is 5.16 Å². The van der Waals surface area contributed by atoms with Crippen molar-refractivity contribution in [2.75, 3.05) is 12.9 Å². The van der Waals surface area contributed by atoms with Crippen molar-refractivity contribution in [2.45, 2.75) is 11.7 Å². The van der Waals surface area contributed by atoms with Gasteiger partial charge in [0.2, 0.25) is 0 Å². The summed E-state index contributed by atoms with van der Waals surface area (Å²) in [7, 11) is 1.31. The third kappa shape index (κ3) is 3.91. The monoisotopic (exact) mass is 434 g/mol. The lowest BCUT2D eigenvalue weighted by Crippen LogP contribution is -2.24. The number of aromatic nitrogens is 2. The molecule has 134 valence electrons. The highest BCUT2D eigenvalue weighted by Gasteiger charge is 2.15. The quantitative estimate of drug-likeness (QED) is 0.333. The standard InChI is InChI=1S/C18H15BrN2O4S/c1-11(19)10-26-18-20-15-8-12(17(23)24-2)5-6-14(15)16(22)21(18)9-13-4-3-7-25-13/h3-8H,1,9-10H2,2H3. The molecule has 0 fully saturated rings. The lowest BCUT2D eigenvalue weighted by Gasteiger charge is -2.12. The normalized spacial score (nSPS) is 10.8. The van der Waals surface area contributed by atoms with Crippen molar-refractivity contribution in [1.29, 1.82) is 0 Å². The fourth-order valence-electron chi connectivity index (χ4n) is 2.40. The summed E-state index contributed by atoms with van der Waals surface area (Å²) >= 11 is 4.69. The van der Waals surface area contributed by atoms with E-state index in [0.29, 0.717) is 33.1 Å². The molecule has 0 amide bonds. The van der Waals surface area contributed by atoms with E-state index in [0.717, 1.165) is 4.48 Å². The van der Waals surface area contributed by atoms with Gasteiger partial charge in [0.05, 0.1) is 36.4 Å². The maximum absolute atomic E-state index is 13.0. The predicted molar refractivity (Wildman–Crippen MR) is 104 cm³/mol. The van der Waals surface area contributed by atoms with Crippen LogP contribution < -0.4 is 5.56 Å². The van der Waals surface area contributed by atoms with Gasteiger partial charge in [-0.3, -0.25) is 9.36 Å². The van der Waals surface area contributed by atoms with Gasteiger partial charge in [-0.1, -0.05) is 34.3 Å². The highest BCUT2D eigenvalue weighted by atomic mass is 79.9. The number of benzene rings is 1. The number of furan rings is 1. The predicted octanol–water partition coefficient (Wildman–Crippen LogP) is 3.83. The second-order valence-electron chi connectivity index (χ2n) is 5.39. The van der Waals surface area contributed by atoms with Gasteiger partial charge in [0.1, 0.15) is 5.76 Å². The van der Waals surface area contributed by atoms with Gasteiger partial charge in [-0.15, -0.1) is 0 Å². The van der Waals surface area contributed by atoms with Crippen molar-refractivity contribution < 1.29 is 13.9 Å². The lowest BCUT2D eigenvalue weighted by molar-refractivity contribution is 0.0601. The maximum Gasteiger partial charge on any atom is 0.337 e. The van der Waals surface area contributed by atoms with Crippen molar-refractivity contribution >= 4 is 44.6 Å². The molecule has 3 rings (SSSR count). The van der Waals surface area contributed by atoms with E-state index in [1.807, 2.05) is 0 Å². The van der Waals surface area contributed by atoms with Crippen LogP contribution in [0, 0.1) is 0 Å². The first-order valence-corrected chi connectivity index (χ1v) is 9.39. The third-order valence-electron chi connectivity index (χ3n) is 3.59. The largest absolute Gasteiger partial charge is 0.467 e. The van der Waals surface area contributed by atoms with E-state index < -0.39 is 5.97 Å². The molecule has 0 bridgehead atoms. The molecule has 8 heteroatoms. The summed E-state index contributed by atoms with van der Waals surface area (Å²) in [6.07, 6.45) is 1.56. The van der Waals surface area contributed by atoms with Crippen molar-refractivity contribution in [3.8, 4) is 0 Å². The Morgan fingerprint density at radius 1 is 1.42 bits per heavy atom. The molecule has 26 heavy (non-hydrogen) atoms. The number of hydrogen-bond donors (Lipinski definition) is 0. The number of carbonyl (C=O) groups is 1. The van der Waals surface area contributed by atoms with E-state index in [1.165, 1.54) is 18.9 Å². The van der Waals surface area contributed by atoms with Crippen LogP contribution in [-0.2, 0) is 11.3 Å². The Bertz CT molecular complexity index is 1030. The molecule has 0 atom stereocenters. The van der Waals surface area contributed by atoms with E-state index in [9.17, 15) is 9.59 Å². The number of carbonyl (C=O) groups excluding carboxylic acids is 1. The summed E-state index contributed by atoms with van der Waals surface area (Å²) < 4.78 is 12.4. The molecular weight excluding hydrogens is 420 g/mol. The molecule has 0 aliphatic rings. The van der Waals surface area contributed by atoms with E-state index in [1.54, 1.807) is 41.2 Å². The number of thioether (sulfide) groups is 1. The number of nitrogens with zero attached hydrogens (tertiary/aromatic N) is 2. The zero-order chi connectivity index (χ0) is 18.7. The van der Waals surface area contributed by atoms with E-state index in [2.05, 4.69) is 27.5 Å². The van der Waals surface area contributed by atoms with Crippen LogP contribution in [0.25, 0.3) is 10.9 Å². The van der Waals surface area contributed by atoms with Gasteiger partial charge in [0.25, 0.3) is 5.56 Å². The molecule has 2 heterocycles. The first-order chi connectivity index (χ1) is 12.5. The summed E-state index contributed by atoms with van der Waals surface area (Å²) in [5, 5.41) is 0.938. The topological polar surface area (TPSA) is 74.3 Å². The molecule has 1 aromatic carbocycles. The summed E-state index contributed by atoms with van der Waals surface area (Å²) in [6, 6.07) is 8.28. The van der Waals surface area contributed by atoms with Crippen LogP contribution >= 0.6 is 27.7 Å². The second kappa shape index (κ2) is 7.92. The van der Waals surface area contributed by atoms with Gasteiger partial charge in [-0.25, -0.2) is 9.78 Å². The molecular formula is C18H15BrN2O4S. The number of esters is 1. The van der Waals surface area contributed by atoms with Crippen LogP contribution in [0.4, 0.5) is 0 Å². The first-order valence-electron chi connectivity index (χ1n) is 7.61. The molecule has 0 aliphatic heterocycles. The van der Waals surface area contributed by atoms with Crippen LogP contribution in [0.5, 0.6) is 0 Å². The lowest BCUT2D eigenvalue weighted by atomic mass is 10.1.